The fraction of sp³-hybridized carbons (Fsp3) is 0.235. The summed E-state index contributed by atoms with van der Waals surface area (Å²) in [6.07, 6.45) is 1.78. The first-order chi connectivity index (χ1) is 9.44. The molecule has 0 aliphatic heterocycles. The van der Waals surface area contributed by atoms with Gasteiger partial charge in [-0.25, -0.2) is 0 Å². The van der Waals surface area contributed by atoms with Gasteiger partial charge in [-0.15, -0.1) is 0 Å². The predicted molar refractivity (Wildman–Crippen MR) is 82.2 cm³/mol. The van der Waals surface area contributed by atoms with Crippen molar-refractivity contribution >= 4 is 11.9 Å². The van der Waals surface area contributed by atoms with E-state index in [1.165, 1.54) is 0 Å². The van der Waals surface area contributed by atoms with Gasteiger partial charge in [0.05, 0.1) is 5.69 Å². The number of hydrogen-bond donors (Lipinski definition) is 1. The third-order valence-corrected chi connectivity index (χ3v) is 2.52. The molecular weight excluding hydrogens is 250 g/mol. The van der Waals surface area contributed by atoms with Gasteiger partial charge in [-0.3, -0.25) is 4.99 Å². The standard InChI is InChI=1S/C17H19NO2/c1-17(2,3)20-16-11-14(9-10-15(16)19)18-12-13-7-5-4-6-8-13/h4-12,19H,1-3H3. The third-order valence-electron chi connectivity index (χ3n) is 2.52. The van der Waals surface area contributed by atoms with Gasteiger partial charge in [-0.05, 0) is 38.5 Å². The van der Waals surface area contributed by atoms with Gasteiger partial charge in [0.1, 0.15) is 5.60 Å². The maximum atomic E-state index is 9.81. The van der Waals surface area contributed by atoms with Crippen molar-refractivity contribution in [3.63, 3.8) is 0 Å². The first-order valence-electron chi connectivity index (χ1n) is 6.55. The zero-order chi connectivity index (χ0) is 14.6. The molecule has 2 rings (SSSR count). The molecule has 0 amide bonds. The molecule has 1 N–H and O–H groups in total. The van der Waals surface area contributed by atoms with Crippen molar-refractivity contribution in [2.45, 2.75) is 26.4 Å². The van der Waals surface area contributed by atoms with Crippen molar-refractivity contribution in [3.8, 4) is 11.5 Å². The van der Waals surface area contributed by atoms with E-state index in [-0.39, 0.29) is 11.4 Å². The molecule has 0 unspecified atom stereocenters. The molecule has 0 heterocycles. The van der Waals surface area contributed by atoms with Gasteiger partial charge in [-0.1, -0.05) is 30.3 Å². The van der Waals surface area contributed by atoms with Crippen molar-refractivity contribution in [1.82, 2.24) is 0 Å². The molecule has 0 aromatic heterocycles. The predicted octanol–water partition coefficient (Wildman–Crippen LogP) is 4.32. The summed E-state index contributed by atoms with van der Waals surface area (Å²) >= 11 is 0. The zero-order valence-electron chi connectivity index (χ0n) is 12.0. The lowest BCUT2D eigenvalue weighted by Crippen LogP contribution is -2.22. The van der Waals surface area contributed by atoms with Crippen LogP contribution in [0, 0.1) is 0 Å². The number of nitrogens with zero attached hydrogens (tertiary/aromatic N) is 1. The Hall–Kier alpha value is -2.29. The van der Waals surface area contributed by atoms with Gasteiger partial charge < -0.3 is 9.84 Å². The summed E-state index contributed by atoms with van der Waals surface area (Å²) in [5.74, 6) is 0.568. The van der Waals surface area contributed by atoms with E-state index in [0.717, 1.165) is 11.3 Å². The topological polar surface area (TPSA) is 41.8 Å². The zero-order valence-corrected chi connectivity index (χ0v) is 12.0. The van der Waals surface area contributed by atoms with E-state index >= 15 is 0 Å². The number of phenolic OH excluding ortho intramolecular Hbond substituents is 1. The monoisotopic (exact) mass is 269 g/mol. The van der Waals surface area contributed by atoms with E-state index in [2.05, 4.69) is 4.99 Å². The van der Waals surface area contributed by atoms with Gasteiger partial charge in [-0.2, -0.15) is 0 Å². The molecule has 3 heteroatoms. The fourth-order valence-electron chi connectivity index (χ4n) is 1.68. The lowest BCUT2D eigenvalue weighted by molar-refractivity contribution is 0.126. The average molecular weight is 269 g/mol. The summed E-state index contributed by atoms with van der Waals surface area (Å²) in [4.78, 5) is 4.39. The summed E-state index contributed by atoms with van der Waals surface area (Å²) in [5, 5.41) is 9.81. The number of ether oxygens (including phenoxy) is 1. The van der Waals surface area contributed by atoms with Crippen LogP contribution in [-0.4, -0.2) is 16.9 Å². The molecule has 0 fully saturated rings. The molecule has 0 spiro atoms. The highest BCUT2D eigenvalue weighted by molar-refractivity contribution is 5.82. The Kier molecular flexibility index (Phi) is 4.08. The minimum atomic E-state index is -0.362. The lowest BCUT2D eigenvalue weighted by atomic mass is 10.2. The number of aromatic hydroxyl groups is 1. The van der Waals surface area contributed by atoms with Crippen molar-refractivity contribution in [2.24, 2.45) is 4.99 Å². The van der Waals surface area contributed by atoms with Crippen LogP contribution in [0.5, 0.6) is 11.5 Å². The van der Waals surface area contributed by atoms with Crippen LogP contribution in [0.25, 0.3) is 0 Å². The number of rotatable bonds is 3. The molecule has 0 saturated carbocycles. The van der Waals surface area contributed by atoms with Crippen LogP contribution < -0.4 is 4.74 Å². The normalized spacial score (nSPS) is 11.8. The van der Waals surface area contributed by atoms with Crippen LogP contribution in [-0.2, 0) is 0 Å². The Labute approximate surface area is 119 Å². The fourth-order valence-corrected chi connectivity index (χ4v) is 1.68. The molecule has 0 aliphatic rings. The molecule has 0 radical (unpaired) electrons. The molecule has 104 valence electrons. The van der Waals surface area contributed by atoms with Crippen LogP contribution >= 0.6 is 0 Å². The quantitative estimate of drug-likeness (QED) is 0.843. The second kappa shape index (κ2) is 5.78. The van der Waals surface area contributed by atoms with Crippen LogP contribution in [0.3, 0.4) is 0 Å². The molecule has 0 aliphatic carbocycles. The van der Waals surface area contributed by atoms with Crippen molar-refractivity contribution in [3.05, 3.63) is 54.1 Å². The molecule has 3 nitrogen and oxygen atoms in total. The summed E-state index contributed by atoms with van der Waals surface area (Å²) < 4.78 is 5.70. The second-order valence-electron chi connectivity index (χ2n) is 5.54. The summed E-state index contributed by atoms with van der Waals surface area (Å²) in [6, 6.07) is 14.9. The van der Waals surface area contributed by atoms with Gasteiger partial charge in [0, 0.05) is 12.3 Å². The highest BCUT2D eigenvalue weighted by Crippen LogP contribution is 2.32. The van der Waals surface area contributed by atoms with E-state index in [1.807, 2.05) is 51.1 Å². The van der Waals surface area contributed by atoms with Crippen LogP contribution in [0.4, 0.5) is 5.69 Å². The number of aliphatic imine (C=N–C) groups is 1. The minimum Gasteiger partial charge on any atom is -0.504 e. The first-order valence-corrected chi connectivity index (χ1v) is 6.55. The van der Waals surface area contributed by atoms with E-state index in [9.17, 15) is 5.11 Å². The van der Waals surface area contributed by atoms with Gasteiger partial charge in [0.15, 0.2) is 11.5 Å². The van der Waals surface area contributed by atoms with Gasteiger partial charge in [0.25, 0.3) is 0 Å². The highest BCUT2D eigenvalue weighted by Gasteiger charge is 2.14. The average Bonchev–Trinajstić information content (AvgIpc) is 2.39. The van der Waals surface area contributed by atoms with E-state index in [0.29, 0.717) is 5.75 Å². The Morgan fingerprint density at radius 3 is 2.40 bits per heavy atom. The van der Waals surface area contributed by atoms with Crippen molar-refractivity contribution < 1.29 is 9.84 Å². The Morgan fingerprint density at radius 2 is 1.75 bits per heavy atom. The highest BCUT2D eigenvalue weighted by atomic mass is 16.5. The summed E-state index contributed by atoms with van der Waals surface area (Å²) in [7, 11) is 0. The molecule has 0 saturated heterocycles. The second-order valence-corrected chi connectivity index (χ2v) is 5.54. The molecule has 0 bridgehead atoms. The van der Waals surface area contributed by atoms with E-state index in [4.69, 9.17) is 4.74 Å². The van der Waals surface area contributed by atoms with Crippen LogP contribution in [0.2, 0.25) is 0 Å². The van der Waals surface area contributed by atoms with Gasteiger partial charge in [0.2, 0.25) is 0 Å². The minimum absolute atomic E-state index is 0.124. The Balaban J connectivity index is 2.21. The number of phenols is 1. The van der Waals surface area contributed by atoms with Gasteiger partial charge >= 0.3 is 0 Å². The number of benzene rings is 2. The summed E-state index contributed by atoms with van der Waals surface area (Å²) in [5.41, 5.74) is 1.41. The van der Waals surface area contributed by atoms with Crippen LogP contribution in [0.15, 0.2) is 53.5 Å². The van der Waals surface area contributed by atoms with Crippen molar-refractivity contribution in [2.75, 3.05) is 0 Å². The first kappa shape index (κ1) is 14.1. The lowest BCUT2D eigenvalue weighted by Gasteiger charge is -2.21. The Bertz CT molecular complexity index is 598. The van der Waals surface area contributed by atoms with E-state index < -0.39 is 0 Å². The number of hydrogen-bond acceptors (Lipinski definition) is 3. The maximum Gasteiger partial charge on any atom is 0.163 e. The van der Waals surface area contributed by atoms with Crippen molar-refractivity contribution in [1.29, 1.82) is 0 Å². The van der Waals surface area contributed by atoms with Crippen LogP contribution in [0.1, 0.15) is 26.3 Å². The molecule has 20 heavy (non-hydrogen) atoms. The molecule has 2 aromatic carbocycles. The maximum absolute atomic E-state index is 9.81. The molecular formula is C17H19NO2. The molecule has 0 atom stereocenters. The molecule has 2 aromatic rings. The van der Waals surface area contributed by atoms with E-state index in [1.54, 1.807) is 24.4 Å². The summed E-state index contributed by atoms with van der Waals surface area (Å²) in [6.45, 7) is 5.81. The Morgan fingerprint density at radius 1 is 1.05 bits per heavy atom. The SMILES string of the molecule is CC(C)(C)Oc1cc(N=Cc2ccccc2)ccc1O. The largest absolute Gasteiger partial charge is 0.504 e. The smallest absolute Gasteiger partial charge is 0.163 e. The third kappa shape index (κ3) is 4.12.